The number of nitrogens with zero attached hydrogens (tertiary/aromatic N) is 2. The number of aromatic amines is 1. The third-order valence-corrected chi connectivity index (χ3v) is 8.53. The van der Waals surface area contributed by atoms with Crippen LogP contribution in [0.5, 0.6) is 0 Å². The molecule has 0 saturated carbocycles. The van der Waals surface area contributed by atoms with E-state index in [0.29, 0.717) is 19.6 Å². The molecule has 0 spiro atoms. The maximum absolute atomic E-state index is 12.6. The minimum absolute atomic E-state index is 0.0438. The topological polar surface area (TPSA) is 104 Å². The Bertz CT molecular complexity index is 1100. The molecule has 11 heteroatoms. The molecule has 190 valence electrons. The molecule has 5 rings (SSSR count). The van der Waals surface area contributed by atoms with E-state index in [0.717, 1.165) is 24.9 Å². The van der Waals surface area contributed by atoms with Gasteiger partial charge in [-0.2, -0.15) is 0 Å². The highest BCUT2D eigenvalue weighted by atomic mass is 31.2. The van der Waals surface area contributed by atoms with Gasteiger partial charge in [-0.25, -0.2) is 9.46 Å². The van der Waals surface area contributed by atoms with Gasteiger partial charge in [0.25, 0.3) is 14.1 Å². The van der Waals surface area contributed by atoms with Gasteiger partial charge in [-0.1, -0.05) is 37.3 Å². The zero-order valence-corrected chi connectivity index (χ0v) is 20.8. The number of hydrogen-bond acceptors (Lipinski definition) is 8. The van der Waals surface area contributed by atoms with Gasteiger partial charge in [-0.3, -0.25) is 14.3 Å². The molecule has 1 aromatic heterocycles. The monoisotopic (exact) mass is 505 g/mol. The van der Waals surface area contributed by atoms with Gasteiger partial charge >= 0.3 is 5.69 Å². The fourth-order valence-electron chi connectivity index (χ4n) is 5.09. The molecular formula is C24H32N3O7P. The Kier molecular flexibility index (Phi) is 7.79. The molecule has 0 aliphatic carbocycles. The number of methoxy groups -OCH3 is 1. The molecule has 1 aromatic carbocycles. The van der Waals surface area contributed by atoms with E-state index in [9.17, 15) is 9.59 Å². The molecule has 3 aliphatic heterocycles. The molecule has 10 nitrogen and oxygen atoms in total. The van der Waals surface area contributed by atoms with Crippen molar-refractivity contribution >= 4 is 8.53 Å². The maximum Gasteiger partial charge on any atom is 0.330 e. The average Bonchev–Trinajstić information content (AvgIpc) is 3.56. The second-order valence-corrected chi connectivity index (χ2v) is 10.3. The summed E-state index contributed by atoms with van der Waals surface area (Å²) in [6.45, 7) is 3.64. The first-order valence-corrected chi connectivity index (χ1v) is 13.3. The van der Waals surface area contributed by atoms with Gasteiger partial charge in [0.15, 0.2) is 6.23 Å². The van der Waals surface area contributed by atoms with Crippen LogP contribution in [0.1, 0.15) is 44.1 Å². The lowest BCUT2D eigenvalue weighted by Gasteiger charge is -2.29. The van der Waals surface area contributed by atoms with E-state index in [2.05, 4.69) is 21.8 Å². The fraction of sp³-hybridized carbons (Fsp3) is 0.583. The summed E-state index contributed by atoms with van der Waals surface area (Å²) in [6.07, 6.45) is 2.12. The van der Waals surface area contributed by atoms with Crippen molar-refractivity contribution in [3.8, 4) is 0 Å². The lowest BCUT2D eigenvalue weighted by atomic mass is 10.0. The Morgan fingerprint density at radius 3 is 2.71 bits per heavy atom. The first-order valence-electron chi connectivity index (χ1n) is 12.1. The molecule has 0 amide bonds. The van der Waals surface area contributed by atoms with Crippen LogP contribution in [-0.2, 0) is 23.3 Å². The Morgan fingerprint density at radius 1 is 1.14 bits per heavy atom. The van der Waals surface area contributed by atoms with Gasteiger partial charge in [0, 0.05) is 32.0 Å². The quantitative estimate of drug-likeness (QED) is 0.410. The number of H-pyrrole nitrogens is 1. The molecule has 3 aliphatic rings. The van der Waals surface area contributed by atoms with Crippen LogP contribution >= 0.6 is 8.53 Å². The van der Waals surface area contributed by atoms with Crippen molar-refractivity contribution in [2.24, 2.45) is 0 Å². The maximum atomic E-state index is 12.6. The molecule has 0 radical (unpaired) electrons. The normalized spacial score (nSPS) is 32.8. The lowest BCUT2D eigenvalue weighted by Crippen LogP contribution is -2.40. The van der Waals surface area contributed by atoms with Crippen LogP contribution in [0.2, 0.25) is 0 Å². The van der Waals surface area contributed by atoms with E-state index in [1.807, 2.05) is 25.1 Å². The van der Waals surface area contributed by atoms with Crippen LogP contribution in [0.3, 0.4) is 0 Å². The molecule has 2 unspecified atom stereocenters. The minimum Gasteiger partial charge on any atom is -0.382 e. The highest BCUT2D eigenvalue weighted by Gasteiger charge is 2.53. The Hall–Kier alpha value is -1.91. The van der Waals surface area contributed by atoms with Crippen molar-refractivity contribution < 1.29 is 23.3 Å². The predicted molar refractivity (Wildman–Crippen MR) is 129 cm³/mol. The Morgan fingerprint density at radius 2 is 1.97 bits per heavy atom. The van der Waals surface area contributed by atoms with Crippen molar-refractivity contribution in [2.45, 2.75) is 62.9 Å². The van der Waals surface area contributed by atoms with Crippen LogP contribution in [0.25, 0.3) is 0 Å². The van der Waals surface area contributed by atoms with Crippen molar-refractivity contribution in [3.63, 3.8) is 0 Å². The number of ether oxygens (including phenoxy) is 3. The Balaban J connectivity index is 1.41. The van der Waals surface area contributed by atoms with E-state index < -0.39 is 38.2 Å². The standard InChI is InChI=1S/C24H32N3O7P/c1-3-18-21(22(31-15-14-30-2)23(32-18)26-13-11-19(28)25-24(26)29)34-35-27-12-7-10-17(27)20(33-35)16-8-5-4-6-9-16/h4-6,8-9,11,13,17-18,20-23H,3,7,10,12,14-15H2,1-2H3,(H,25,28,29)/t17-,18+,20+,21-,22?,23+,35?/m0/s1. The van der Waals surface area contributed by atoms with E-state index in [4.69, 9.17) is 23.3 Å². The van der Waals surface area contributed by atoms with E-state index in [-0.39, 0.29) is 18.2 Å². The molecule has 0 bridgehead atoms. The fourth-order valence-corrected chi connectivity index (χ4v) is 7.09. The number of aromatic nitrogens is 2. The molecular weight excluding hydrogens is 473 g/mol. The highest BCUT2D eigenvalue weighted by Crippen LogP contribution is 2.61. The average molecular weight is 506 g/mol. The van der Waals surface area contributed by atoms with Crippen molar-refractivity contribution in [2.75, 3.05) is 26.9 Å². The van der Waals surface area contributed by atoms with Crippen molar-refractivity contribution in [1.82, 2.24) is 14.2 Å². The summed E-state index contributed by atoms with van der Waals surface area (Å²) in [6, 6.07) is 11.8. The zero-order chi connectivity index (χ0) is 24.4. The molecule has 35 heavy (non-hydrogen) atoms. The van der Waals surface area contributed by atoms with Crippen molar-refractivity contribution in [3.05, 3.63) is 69.0 Å². The van der Waals surface area contributed by atoms with E-state index in [1.54, 1.807) is 7.11 Å². The zero-order valence-electron chi connectivity index (χ0n) is 19.9. The van der Waals surface area contributed by atoms with Gasteiger partial charge in [0.1, 0.15) is 18.3 Å². The number of benzene rings is 1. The van der Waals surface area contributed by atoms with Gasteiger partial charge in [-0.05, 0) is 24.8 Å². The first-order chi connectivity index (χ1) is 17.1. The second kappa shape index (κ2) is 11.0. The van der Waals surface area contributed by atoms with Crippen LogP contribution in [0, 0.1) is 0 Å². The third-order valence-electron chi connectivity index (χ3n) is 6.78. The first kappa shape index (κ1) is 24.8. The number of nitrogens with one attached hydrogen (secondary N) is 1. The summed E-state index contributed by atoms with van der Waals surface area (Å²) < 4.78 is 34.6. The third kappa shape index (κ3) is 5.02. The lowest BCUT2D eigenvalue weighted by molar-refractivity contribution is -0.0782. The predicted octanol–water partition coefficient (Wildman–Crippen LogP) is 2.72. The molecule has 4 heterocycles. The van der Waals surface area contributed by atoms with E-state index in [1.165, 1.54) is 16.8 Å². The molecule has 3 saturated heterocycles. The second-order valence-electron chi connectivity index (χ2n) is 8.94. The number of hydrogen-bond donors (Lipinski definition) is 1. The van der Waals surface area contributed by atoms with Gasteiger partial charge in [0.05, 0.1) is 19.3 Å². The van der Waals surface area contributed by atoms with Crippen LogP contribution < -0.4 is 11.2 Å². The van der Waals surface area contributed by atoms with Crippen molar-refractivity contribution in [1.29, 1.82) is 0 Å². The smallest absolute Gasteiger partial charge is 0.330 e. The SMILES string of the molecule is CC[C@H]1O[C@@H](n2ccc(=O)[nH]c2=O)C(OCCOC)[C@H]1OP1O[C@H](c2ccccc2)[C@@H]2CCCN21. The molecule has 3 fully saturated rings. The van der Waals surface area contributed by atoms with Gasteiger partial charge < -0.3 is 23.3 Å². The largest absolute Gasteiger partial charge is 0.382 e. The van der Waals surface area contributed by atoms with Crippen LogP contribution in [0.15, 0.2) is 52.2 Å². The number of fused-ring (bicyclic) bond motifs is 1. The molecule has 7 atom stereocenters. The summed E-state index contributed by atoms with van der Waals surface area (Å²) in [5, 5.41) is 0. The van der Waals surface area contributed by atoms with Gasteiger partial charge in [0.2, 0.25) is 0 Å². The van der Waals surface area contributed by atoms with E-state index >= 15 is 0 Å². The summed E-state index contributed by atoms with van der Waals surface area (Å²) >= 11 is 0. The number of rotatable bonds is 9. The molecule has 2 aromatic rings. The summed E-state index contributed by atoms with van der Waals surface area (Å²) in [5.74, 6) is 0. The van der Waals surface area contributed by atoms with Crippen LogP contribution in [0.4, 0.5) is 0 Å². The summed E-state index contributed by atoms with van der Waals surface area (Å²) in [5.41, 5.74) is 0.138. The highest BCUT2D eigenvalue weighted by molar-refractivity contribution is 7.45. The summed E-state index contributed by atoms with van der Waals surface area (Å²) in [7, 11) is 0.264. The summed E-state index contributed by atoms with van der Waals surface area (Å²) in [4.78, 5) is 26.5. The van der Waals surface area contributed by atoms with Gasteiger partial charge in [-0.15, -0.1) is 0 Å². The minimum atomic E-state index is -1.34. The Labute approximate surface area is 205 Å². The van der Waals surface area contributed by atoms with Crippen LogP contribution in [-0.4, -0.2) is 65.4 Å². The molecule has 1 N–H and O–H groups in total.